The summed E-state index contributed by atoms with van der Waals surface area (Å²) in [7, 11) is 0. The van der Waals surface area contributed by atoms with Crippen molar-refractivity contribution in [2.75, 3.05) is 32.8 Å². The van der Waals surface area contributed by atoms with Crippen molar-refractivity contribution in [1.82, 2.24) is 10.2 Å². The molecule has 0 radical (unpaired) electrons. The van der Waals surface area contributed by atoms with Crippen LogP contribution in [0.2, 0.25) is 0 Å². The van der Waals surface area contributed by atoms with E-state index in [1.165, 1.54) is 0 Å². The fourth-order valence-corrected chi connectivity index (χ4v) is 2.94. The Bertz CT molecular complexity index is 622. The van der Waals surface area contributed by atoms with E-state index in [9.17, 15) is 4.79 Å². The molecular formula is C17H19BrN2O3. The van der Waals surface area contributed by atoms with Gasteiger partial charge in [0.15, 0.2) is 0 Å². The molecule has 1 N–H and O–H groups in total. The van der Waals surface area contributed by atoms with Gasteiger partial charge in [0.05, 0.1) is 25.5 Å². The Kier molecular flexibility index (Phi) is 5.48. The van der Waals surface area contributed by atoms with E-state index < -0.39 is 0 Å². The molecule has 1 amide bonds. The Labute approximate surface area is 143 Å². The number of ether oxygens (including phenoxy) is 1. The van der Waals surface area contributed by atoms with Crippen molar-refractivity contribution in [3.8, 4) is 0 Å². The average molecular weight is 379 g/mol. The number of morpholine rings is 1. The quantitative estimate of drug-likeness (QED) is 0.868. The molecule has 5 nitrogen and oxygen atoms in total. The van der Waals surface area contributed by atoms with Gasteiger partial charge in [-0.1, -0.05) is 15.9 Å². The highest BCUT2D eigenvalue weighted by molar-refractivity contribution is 9.10. The van der Waals surface area contributed by atoms with E-state index in [2.05, 4.69) is 26.1 Å². The smallest absolute Gasteiger partial charge is 0.251 e. The van der Waals surface area contributed by atoms with Gasteiger partial charge in [-0.25, -0.2) is 0 Å². The van der Waals surface area contributed by atoms with E-state index in [0.29, 0.717) is 25.3 Å². The van der Waals surface area contributed by atoms with Crippen LogP contribution in [0.5, 0.6) is 0 Å². The van der Waals surface area contributed by atoms with Gasteiger partial charge in [0, 0.05) is 29.7 Å². The van der Waals surface area contributed by atoms with Crippen LogP contribution in [0, 0.1) is 0 Å². The number of hydrogen-bond acceptors (Lipinski definition) is 4. The Morgan fingerprint density at radius 2 is 1.96 bits per heavy atom. The normalized spacial score (nSPS) is 16.9. The van der Waals surface area contributed by atoms with Crippen molar-refractivity contribution in [3.63, 3.8) is 0 Å². The summed E-state index contributed by atoms with van der Waals surface area (Å²) in [6, 6.07) is 11.2. The molecule has 1 aliphatic heterocycles. The molecule has 1 fully saturated rings. The van der Waals surface area contributed by atoms with Crippen molar-refractivity contribution in [3.05, 3.63) is 58.5 Å². The van der Waals surface area contributed by atoms with E-state index in [-0.39, 0.29) is 11.9 Å². The molecule has 2 heterocycles. The monoisotopic (exact) mass is 378 g/mol. The molecule has 2 aromatic rings. The van der Waals surface area contributed by atoms with Gasteiger partial charge in [0.25, 0.3) is 5.91 Å². The summed E-state index contributed by atoms with van der Waals surface area (Å²) >= 11 is 3.37. The highest BCUT2D eigenvalue weighted by atomic mass is 79.9. The minimum absolute atomic E-state index is 0.0216. The predicted octanol–water partition coefficient (Wildman–Crippen LogP) is 2.85. The lowest BCUT2D eigenvalue weighted by Crippen LogP contribution is -2.43. The molecule has 1 saturated heterocycles. The number of nitrogens with zero attached hydrogens (tertiary/aromatic N) is 1. The Morgan fingerprint density at radius 1 is 1.22 bits per heavy atom. The van der Waals surface area contributed by atoms with Crippen LogP contribution in [0.4, 0.5) is 0 Å². The molecule has 0 saturated carbocycles. The van der Waals surface area contributed by atoms with Crippen LogP contribution in [0.1, 0.15) is 22.2 Å². The molecule has 0 bridgehead atoms. The minimum Gasteiger partial charge on any atom is -0.468 e. The lowest BCUT2D eigenvalue weighted by Gasteiger charge is -2.33. The molecule has 3 rings (SSSR count). The largest absolute Gasteiger partial charge is 0.468 e. The van der Waals surface area contributed by atoms with Gasteiger partial charge in [0.2, 0.25) is 0 Å². The number of rotatable bonds is 5. The number of halogens is 1. The third-order valence-corrected chi connectivity index (χ3v) is 4.45. The molecule has 122 valence electrons. The summed E-state index contributed by atoms with van der Waals surface area (Å²) in [6.07, 6.45) is 1.67. The first-order valence-corrected chi connectivity index (χ1v) is 8.42. The molecule has 0 spiro atoms. The molecule has 6 heteroatoms. The van der Waals surface area contributed by atoms with Crippen LogP contribution in [0.3, 0.4) is 0 Å². The highest BCUT2D eigenvalue weighted by Gasteiger charge is 2.25. The topological polar surface area (TPSA) is 54.7 Å². The first-order chi connectivity index (χ1) is 11.2. The van der Waals surface area contributed by atoms with Gasteiger partial charge in [-0.05, 0) is 36.4 Å². The third-order valence-electron chi connectivity index (χ3n) is 3.92. The van der Waals surface area contributed by atoms with Crippen LogP contribution in [0.15, 0.2) is 51.6 Å². The Balaban J connectivity index is 1.66. The van der Waals surface area contributed by atoms with Crippen LogP contribution in [-0.4, -0.2) is 43.7 Å². The first-order valence-electron chi connectivity index (χ1n) is 7.63. The summed E-state index contributed by atoms with van der Waals surface area (Å²) in [6.45, 7) is 3.58. The number of hydrogen-bond donors (Lipinski definition) is 1. The van der Waals surface area contributed by atoms with Gasteiger partial charge >= 0.3 is 0 Å². The fourth-order valence-electron chi connectivity index (χ4n) is 2.67. The van der Waals surface area contributed by atoms with Gasteiger partial charge in [-0.3, -0.25) is 9.69 Å². The lowest BCUT2D eigenvalue weighted by molar-refractivity contribution is 0.0118. The molecule has 1 aromatic heterocycles. The number of benzene rings is 1. The van der Waals surface area contributed by atoms with Crippen molar-refractivity contribution in [2.24, 2.45) is 0 Å². The number of nitrogens with one attached hydrogen (secondary N) is 1. The summed E-state index contributed by atoms with van der Waals surface area (Å²) in [5.74, 6) is 0.783. The molecule has 1 atom stereocenters. The first kappa shape index (κ1) is 16.2. The second-order valence-corrected chi connectivity index (χ2v) is 6.31. The van der Waals surface area contributed by atoms with Crippen LogP contribution >= 0.6 is 15.9 Å². The Hall–Kier alpha value is -1.63. The van der Waals surface area contributed by atoms with E-state index in [4.69, 9.17) is 9.15 Å². The van der Waals surface area contributed by atoms with Crippen molar-refractivity contribution in [1.29, 1.82) is 0 Å². The molecular weight excluding hydrogens is 360 g/mol. The zero-order chi connectivity index (χ0) is 16.1. The number of amides is 1. The molecule has 1 aliphatic rings. The van der Waals surface area contributed by atoms with Gasteiger partial charge in [-0.15, -0.1) is 0 Å². The zero-order valence-corrected chi connectivity index (χ0v) is 14.3. The summed E-state index contributed by atoms with van der Waals surface area (Å²) < 4.78 is 11.9. The summed E-state index contributed by atoms with van der Waals surface area (Å²) in [5.41, 5.74) is 0.647. The second kappa shape index (κ2) is 7.77. The summed E-state index contributed by atoms with van der Waals surface area (Å²) in [4.78, 5) is 14.6. The lowest BCUT2D eigenvalue weighted by atomic mass is 10.1. The number of carbonyl (C=O) groups is 1. The summed E-state index contributed by atoms with van der Waals surface area (Å²) in [5, 5.41) is 3.01. The fraction of sp³-hybridized carbons (Fsp3) is 0.353. The maximum absolute atomic E-state index is 12.3. The molecule has 1 aromatic carbocycles. The zero-order valence-electron chi connectivity index (χ0n) is 12.7. The predicted molar refractivity (Wildman–Crippen MR) is 90.3 cm³/mol. The van der Waals surface area contributed by atoms with Gasteiger partial charge in [-0.2, -0.15) is 0 Å². The maximum Gasteiger partial charge on any atom is 0.251 e. The van der Waals surface area contributed by atoms with Crippen molar-refractivity contribution < 1.29 is 13.9 Å². The number of carbonyl (C=O) groups excluding carboxylic acids is 1. The van der Waals surface area contributed by atoms with Crippen molar-refractivity contribution >= 4 is 21.8 Å². The second-order valence-electron chi connectivity index (χ2n) is 5.40. The highest BCUT2D eigenvalue weighted by Crippen LogP contribution is 2.22. The van der Waals surface area contributed by atoms with E-state index in [0.717, 1.165) is 23.3 Å². The van der Waals surface area contributed by atoms with Crippen molar-refractivity contribution in [2.45, 2.75) is 6.04 Å². The standard InChI is InChI=1S/C17H19BrN2O3/c18-14-5-3-13(4-6-14)17(21)19-12-15(16-2-1-9-23-16)20-7-10-22-11-8-20/h1-6,9,15H,7-8,10-12H2,(H,19,21). The molecule has 0 aliphatic carbocycles. The average Bonchev–Trinajstić information content (AvgIpc) is 3.11. The SMILES string of the molecule is O=C(NCC(c1ccco1)N1CCOCC1)c1ccc(Br)cc1. The van der Waals surface area contributed by atoms with Crippen LogP contribution in [0.25, 0.3) is 0 Å². The van der Waals surface area contributed by atoms with E-state index in [1.807, 2.05) is 24.3 Å². The van der Waals surface area contributed by atoms with Crippen LogP contribution < -0.4 is 5.32 Å². The molecule has 1 unspecified atom stereocenters. The van der Waals surface area contributed by atoms with Gasteiger partial charge in [0.1, 0.15) is 5.76 Å². The number of furan rings is 1. The van der Waals surface area contributed by atoms with Crippen LogP contribution in [-0.2, 0) is 4.74 Å². The third kappa shape index (κ3) is 4.22. The molecule has 23 heavy (non-hydrogen) atoms. The Morgan fingerprint density at radius 3 is 2.61 bits per heavy atom. The van der Waals surface area contributed by atoms with E-state index in [1.54, 1.807) is 18.4 Å². The maximum atomic E-state index is 12.3. The minimum atomic E-state index is -0.0812. The van der Waals surface area contributed by atoms with E-state index >= 15 is 0 Å². The van der Waals surface area contributed by atoms with Gasteiger partial charge < -0.3 is 14.5 Å².